The predicted molar refractivity (Wildman–Crippen MR) is 100 cm³/mol. The minimum absolute atomic E-state index is 0.141. The zero-order valence-electron chi connectivity index (χ0n) is 15.6. The minimum Gasteiger partial charge on any atom is -0.460 e. The van der Waals surface area contributed by atoms with E-state index in [0.717, 1.165) is 11.1 Å². The first-order valence-corrected chi connectivity index (χ1v) is 8.85. The maximum atomic E-state index is 12.7. The van der Waals surface area contributed by atoms with Gasteiger partial charge in [0.1, 0.15) is 13.2 Å². The zero-order chi connectivity index (χ0) is 19.0. The van der Waals surface area contributed by atoms with Crippen molar-refractivity contribution in [2.24, 2.45) is 11.3 Å². The van der Waals surface area contributed by atoms with Gasteiger partial charge in [-0.15, -0.1) is 0 Å². The van der Waals surface area contributed by atoms with Crippen molar-refractivity contribution >= 4 is 11.9 Å². The number of carbonyl (C=O) groups excluding carboxylic acids is 2. The van der Waals surface area contributed by atoms with Crippen molar-refractivity contribution in [2.45, 2.75) is 40.4 Å². The molecule has 0 amide bonds. The lowest BCUT2D eigenvalue weighted by Crippen LogP contribution is -2.39. The molecule has 4 heteroatoms. The molecule has 4 nitrogen and oxygen atoms in total. The van der Waals surface area contributed by atoms with E-state index in [9.17, 15) is 9.59 Å². The smallest absolute Gasteiger partial charge is 0.321 e. The molecule has 0 N–H and O–H groups in total. The summed E-state index contributed by atoms with van der Waals surface area (Å²) in [7, 11) is 0. The molecule has 0 aliphatic rings. The molecule has 2 aromatic rings. The molecule has 0 heterocycles. The Morgan fingerprint density at radius 1 is 0.808 bits per heavy atom. The van der Waals surface area contributed by atoms with Crippen molar-refractivity contribution in [1.82, 2.24) is 0 Å². The number of esters is 2. The Labute approximate surface area is 155 Å². The van der Waals surface area contributed by atoms with E-state index in [-0.39, 0.29) is 13.2 Å². The Morgan fingerprint density at radius 3 is 1.54 bits per heavy atom. The standard InChI is InChI=1S/C22H26O4/c1-4-22(2,3)19(20(23)25-15-17-11-7-5-8-12-17)21(24)26-16-18-13-9-6-10-14-18/h5-14,19H,4,15-16H2,1-3H3. The van der Waals surface area contributed by atoms with E-state index in [1.54, 1.807) is 0 Å². The molecule has 138 valence electrons. The Kier molecular flexibility index (Phi) is 6.96. The van der Waals surface area contributed by atoms with Gasteiger partial charge in [-0.25, -0.2) is 0 Å². The van der Waals surface area contributed by atoms with Crippen molar-refractivity contribution in [2.75, 3.05) is 0 Å². The van der Waals surface area contributed by atoms with Gasteiger partial charge in [0.2, 0.25) is 0 Å². The highest BCUT2D eigenvalue weighted by molar-refractivity contribution is 5.95. The van der Waals surface area contributed by atoms with Crippen LogP contribution in [-0.4, -0.2) is 11.9 Å². The van der Waals surface area contributed by atoms with Crippen molar-refractivity contribution in [3.8, 4) is 0 Å². The fourth-order valence-electron chi connectivity index (χ4n) is 2.56. The number of hydrogen-bond acceptors (Lipinski definition) is 4. The maximum Gasteiger partial charge on any atom is 0.321 e. The molecule has 2 aromatic carbocycles. The molecule has 0 aliphatic heterocycles. The average molecular weight is 354 g/mol. The second-order valence-electron chi connectivity index (χ2n) is 6.96. The van der Waals surface area contributed by atoms with Gasteiger partial charge in [0, 0.05) is 0 Å². The molecular formula is C22H26O4. The summed E-state index contributed by atoms with van der Waals surface area (Å²) in [6.45, 7) is 5.99. The Hall–Kier alpha value is -2.62. The first-order valence-electron chi connectivity index (χ1n) is 8.85. The van der Waals surface area contributed by atoms with Gasteiger partial charge < -0.3 is 9.47 Å². The molecule has 0 aliphatic carbocycles. The van der Waals surface area contributed by atoms with Gasteiger partial charge in [-0.2, -0.15) is 0 Å². The molecule has 0 aromatic heterocycles. The van der Waals surface area contributed by atoms with Crippen molar-refractivity contribution < 1.29 is 19.1 Å². The molecule has 0 radical (unpaired) electrons. The van der Waals surface area contributed by atoms with Gasteiger partial charge in [0.05, 0.1) is 0 Å². The molecule has 0 spiro atoms. The van der Waals surface area contributed by atoms with Crippen LogP contribution in [0.25, 0.3) is 0 Å². The van der Waals surface area contributed by atoms with Crippen LogP contribution in [0.3, 0.4) is 0 Å². The van der Waals surface area contributed by atoms with Gasteiger partial charge in [-0.1, -0.05) is 81.4 Å². The third-order valence-electron chi connectivity index (χ3n) is 4.61. The lowest BCUT2D eigenvalue weighted by Gasteiger charge is -2.30. The summed E-state index contributed by atoms with van der Waals surface area (Å²) in [6, 6.07) is 18.8. The van der Waals surface area contributed by atoms with E-state index in [1.807, 2.05) is 81.4 Å². The second kappa shape index (κ2) is 9.18. The van der Waals surface area contributed by atoms with Crippen LogP contribution in [0, 0.1) is 11.3 Å². The van der Waals surface area contributed by atoms with Crippen LogP contribution in [-0.2, 0) is 32.3 Å². The fourth-order valence-corrected chi connectivity index (χ4v) is 2.56. The lowest BCUT2D eigenvalue weighted by molar-refractivity contribution is -0.169. The number of ether oxygens (including phenoxy) is 2. The van der Waals surface area contributed by atoms with E-state index in [0.29, 0.717) is 6.42 Å². The Bertz CT molecular complexity index is 652. The molecule has 0 saturated carbocycles. The average Bonchev–Trinajstić information content (AvgIpc) is 2.66. The zero-order valence-corrected chi connectivity index (χ0v) is 15.6. The molecule has 0 saturated heterocycles. The van der Waals surface area contributed by atoms with Gasteiger partial charge in [-0.3, -0.25) is 9.59 Å². The van der Waals surface area contributed by atoms with Crippen LogP contribution in [0.2, 0.25) is 0 Å². The van der Waals surface area contributed by atoms with Gasteiger partial charge in [0.15, 0.2) is 5.92 Å². The highest BCUT2D eigenvalue weighted by Crippen LogP contribution is 2.33. The van der Waals surface area contributed by atoms with Crippen molar-refractivity contribution in [3.05, 3.63) is 71.8 Å². The van der Waals surface area contributed by atoms with Gasteiger partial charge in [-0.05, 0) is 23.0 Å². The molecule has 0 bridgehead atoms. The summed E-state index contributed by atoms with van der Waals surface area (Å²) in [5, 5.41) is 0. The third-order valence-corrected chi connectivity index (χ3v) is 4.61. The quantitative estimate of drug-likeness (QED) is 0.516. The number of rotatable bonds is 8. The van der Waals surface area contributed by atoms with Gasteiger partial charge >= 0.3 is 11.9 Å². The third kappa shape index (κ3) is 5.45. The molecule has 26 heavy (non-hydrogen) atoms. The van der Waals surface area contributed by atoms with E-state index >= 15 is 0 Å². The first kappa shape index (κ1) is 19.7. The van der Waals surface area contributed by atoms with Crippen LogP contribution in [0.4, 0.5) is 0 Å². The molecule has 0 atom stereocenters. The van der Waals surface area contributed by atoms with E-state index in [2.05, 4.69) is 0 Å². The van der Waals surface area contributed by atoms with E-state index in [1.165, 1.54) is 0 Å². The molecule has 0 unspecified atom stereocenters. The predicted octanol–water partition coefficient (Wildman–Crippen LogP) is 4.53. The van der Waals surface area contributed by atoms with Crippen LogP contribution in [0.15, 0.2) is 60.7 Å². The van der Waals surface area contributed by atoms with Crippen LogP contribution in [0.5, 0.6) is 0 Å². The Balaban J connectivity index is 2.04. The Morgan fingerprint density at radius 2 is 1.19 bits per heavy atom. The number of carbonyl (C=O) groups is 2. The molecular weight excluding hydrogens is 328 g/mol. The van der Waals surface area contributed by atoms with E-state index in [4.69, 9.17) is 9.47 Å². The number of hydrogen-bond donors (Lipinski definition) is 0. The van der Waals surface area contributed by atoms with Crippen LogP contribution in [0.1, 0.15) is 38.3 Å². The first-order chi connectivity index (χ1) is 12.4. The van der Waals surface area contributed by atoms with Crippen molar-refractivity contribution in [1.29, 1.82) is 0 Å². The highest BCUT2D eigenvalue weighted by Gasteiger charge is 2.42. The lowest BCUT2D eigenvalue weighted by atomic mass is 9.76. The second-order valence-corrected chi connectivity index (χ2v) is 6.96. The largest absolute Gasteiger partial charge is 0.460 e. The minimum atomic E-state index is -0.958. The summed E-state index contributed by atoms with van der Waals surface area (Å²) in [6.07, 6.45) is 0.651. The summed E-state index contributed by atoms with van der Waals surface area (Å²) in [4.78, 5) is 25.3. The molecule has 0 fully saturated rings. The SMILES string of the molecule is CCC(C)(C)C(C(=O)OCc1ccccc1)C(=O)OCc1ccccc1. The van der Waals surface area contributed by atoms with Crippen LogP contribution < -0.4 is 0 Å². The fraction of sp³-hybridized carbons (Fsp3) is 0.364. The summed E-state index contributed by atoms with van der Waals surface area (Å²) in [5.74, 6) is -2.04. The summed E-state index contributed by atoms with van der Waals surface area (Å²) < 4.78 is 10.8. The van der Waals surface area contributed by atoms with Crippen molar-refractivity contribution in [3.63, 3.8) is 0 Å². The van der Waals surface area contributed by atoms with Crippen LogP contribution >= 0.6 is 0 Å². The molecule has 2 rings (SSSR count). The number of benzene rings is 2. The maximum absolute atomic E-state index is 12.7. The summed E-state index contributed by atoms with van der Waals surface area (Å²) >= 11 is 0. The van der Waals surface area contributed by atoms with E-state index < -0.39 is 23.3 Å². The topological polar surface area (TPSA) is 52.6 Å². The van der Waals surface area contributed by atoms with Gasteiger partial charge in [0.25, 0.3) is 0 Å². The summed E-state index contributed by atoms with van der Waals surface area (Å²) in [5.41, 5.74) is 1.21. The normalized spacial score (nSPS) is 11.2. The monoisotopic (exact) mass is 354 g/mol. The highest BCUT2D eigenvalue weighted by atomic mass is 16.6.